The first-order chi connectivity index (χ1) is 4.31. The van der Waals surface area contributed by atoms with Gasteiger partial charge in [-0.2, -0.15) is 4.79 Å². The van der Waals surface area contributed by atoms with Crippen LogP contribution >= 0.6 is 0 Å². The van der Waals surface area contributed by atoms with Crippen LogP contribution < -0.4 is 0 Å². The first kappa shape index (κ1) is 7.36. The van der Waals surface area contributed by atoms with Gasteiger partial charge >= 0.3 is 6.21 Å². The molecule has 0 unspecified atom stereocenters. The van der Waals surface area contributed by atoms with Gasteiger partial charge in [0.15, 0.2) is 0 Å². The average molecular weight is 125 g/mol. The maximum atomic E-state index is 10.2. The summed E-state index contributed by atoms with van der Waals surface area (Å²) in [4.78, 5) is 15.0. The van der Waals surface area contributed by atoms with Crippen LogP contribution in [-0.4, -0.2) is 23.3 Å². The summed E-state index contributed by atoms with van der Waals surface area (Å²) in [6.45, 7) is -0.305. The summed E-state index contributed by atoms with van der Waals surface area (Å²) in [7, 11) is 0. The molecule has 0 rings (SSSR count). The highest BCUT2D eigenvalue weighted by molar-refractivity contribution is 6.26. The van der Waals surface area contributed by atoms with Gasteiger partial charge in [-0.25, -0.2) is 0 Å². The Labute approximate surface area is 50.3 Å². The summed E-state index contributed by atoms with van der Waals surface area (Å²) in [6, 6.07) is 0. The fraction of sp³-hybridized carbons (Fsp3) is 0.333. The highest BCUT2D eigenvalue weighted by Crippen LogP contribution is 1.69. The van der Waals surface area contributed by atoms with Crippen molar-refractivity contribution in [2.75, 3.05) is 6.54 Å². The largest absolute Gasteiger partial charge is 0.361 e. The molecule has 0 aromatic heterocycles. The zero-order valence-electron chi connectivity index (χ0n) is 4.43. The Morgan fingerprint density at radius 3 is 2.78 bits per heavy atom. The number of ketones is 1. The quantitative estimate of drug-likeness (QED) is 0.228. The molecule has 0 N–H and O–H groups in total. The van der Waals surface area contributed by atoms with Crippen molar-refractivity contribution in [3.05, 3.63) is 16.0 Å². The molecule has 0 spiro atoms. The van der Waals surface area contributed by atoms with E-state index >= 15 is 0 Å². The van der Waals surface area contributed by atoms with Crippen LogP contribution in [0.25, 0.3) is 16.0 Å². The Hall–Kier alpha value is -1.64. The predicted molar refractivity (Wildman–Crippen MR) is 28.7 cm³/mol. The normalized spacial score (nSPS) is 6.67. The van der Waals surface area contributed by atoms with Gasteiger partial charge in [0.25, 0.3) is 0 Å². The molecule has 0 aromatic rings. The molecule has 0 amide bonds. The third-order valence-corrected chi connectivity index (χ3v) is 0.492. The second-order valence-electron chi connectivity index (χ2n) is 1.10. The molecule has 9 heavy (non-hydrogen) atoms. The van der Waals surface area contributed by atoms with Gasteiger partial charge in [-0.05, 0) is 5.53 Å². The number of rotatable bonds is 3. The van der Waals surface area contributed by atoms with Crippen LogP contribution in [0.15, 0.2) is 5.11 Å². The van der Waals surface area contributed by atoms with Gasteiger partial charge in [0.05, 0.1) is 6.54 Å². The van der Waals surface area contributed by atoms with Gasteiger partial charge in [-0.1, -0.05) is 5.11 Å². The number of Topliss-reactive ketones (excluding diaryl/α,β-unsaturated/α-hetero) is 1. The smallest absolute Gasteiger partial charge is 0.323 e. The predicted octanol–water partition coefficient (Wildman–Crippen LogP) is 0.166. The molecule has 0 aromatic carbocycles. The standard InChI is InChI=1S/C3H3N5O/c4-6-1-3(9)2-7-8-5/h1H,2H2. The lowest BCUT2D eigenvalue weighted by Gasteiger charge is -1.71. The van der Waals surface area contributed by atoms with Crippen LogP contribution in [0.3, 0.4) is 0 Å². The van der Waals surface area contributed by atoms with Crippen molar-refractivity contribution in [3.63, 3.8) is 0 Å². The molecule has 0 fully saturated rings. The Morgan fingerprint density at radius 2 is 2.33 bits per heavy atom. The van der Waals surface area contributed by atoms with E-state index in [0.717, 1.165) is 0 Å². The monoisotopic (exact) mass is 125 g/mol. The van der Waals surface area contributed by atoms with Crippen LogP contribution in [0.1, 0.15) is 0 Å². The van der Waals surface area contributed by atoms with Crippen LogP contribution in [0, 0.1) is 0 Å². The van der Waals surface area contributed by atoms with E-state index in [1.807, 2.05) is 0 Å². The van der Waals surface area contributed by atoms with Crippen molar-refractivity contribution in [2.45, 2.75) is 0 Å². The van der Waals surface area contributed by atoms with Crippen molar-refractivity contribution < 1.29 is 9.58 Å². The lowest BCUT2D eigenvalue weighted by Crippen LogP contribution is -2.02. The van der Waals surface area contributed by atoms with E-state index in [-0.39, 0.29) is 6.54 Å². The molecule has 6 heteroatoms. The number of nitrogens with zero attached hydrogens (tertiary/aromatic N) is 5. The van der Waals surface area contributed by atoms with Crippen molar-refractivity contribution >= 4 is 12.0 Å². The van der Waals surface area contributed by atoms with E-state index in [2.05, 4.69) is 14.8 Å². The molecular weight excluding hydrogens is 122 g/mol. The van der Waals surface area contributed by atoms with E-state index in [1.54, 1.807) is 0 Å². The molecule has 0 aliphatic rings. The van der Waals surface area contributed by atoms with E-state index < -0.39 is 5.78 Å². The zero-order valence-corrected chi connectivity index (χ0v) is 4.43. The molecule has 0 bridgehead atoms. The molecule has 0 saturated carbocycles. The lowest BCUT2D eigenvalue weighted by molar-refractivity contribution is -0.114. The first-order valence-corrected chi connectivity index (χ1v) is 2.02. The van der Waals surface area contributed by atoms with E-state index in [1.165, 1.54) is 0 Å². The fourth-order valence-electron chi connectivity index (χ4n) is 0.207. The molecule has 0 radical (unpaired) electrons. The Morgan fingerprint density at radius 1 is 1.67 bits per heavy atom. The maximum Gasteiger partial charge on any atom is 0.323 e. The van der Waals surface area contributed by atoms with Crippen molar-refractivity contribution in [1.82, 2.24) is 0 Å². The zero-order chi connectivity index (χ0) is 7.11. The van der Waals surface area contributed by atoms with Gasteiger partial charge in [0, 0.05) is 4.91 Å². The summed E-state index contributed by atoms with van der Waals surface area (Å²) in [6.07, 6.45) is 0.675. The van der Waals surface area contributed by atoms with Gasteiger partial charge < -0.3 is 5.53 Å². The summed E-state index contributed by atoms with van der Waals surface area (Å²) < 4.78 is 0. The maximum absolute atomic E-state index is 10.2. The van der Waals surface area contributed by atoms with Crippen molar-refractivity contribution in [2.24, 2.45) is 5.11 Å². The minimum atomic E-state index is -0.532. The molecule has 6 nitrogen and oxygen atoms in total. The summed E-state index contributed by atoms with van der Waals surface area (Å²) >= 11 is 0. The molecule has 0 heterocycles. The van der Waals surface area contributed by atoms with Crippen molar-refractivity contribution in [1.29, 1.82) is 0 Å². The Kier molecular flexibility index (Phi) is 3.69. The summed E-state index contributed by atoms with van der Waals surface area (Å²) in [5.74, 6) is -0.532. The SMILES string of the molecule is [N-]=[N+]=CC(=O)CN=[N+]=[N-]. The lowest BCUT2D eigenvalue weighted by atomic mass is 10.4. The molecule has 46 valence electrons. The molecule has 0 aliphatic heterocycles. The molecule has 0 aliphatic carbocycles. The highest BCUT2D eigenvalue weighted by Gasteiger charge is 1.96. The second kappa shape index (κ2) is 4.52. The third kappa shape index (κ3) is 4.21. The van der Waals surface area contributed by atoms with Gasteiger partial charge in [-0.3, -0.25) is 4.79 Å². The third-order valence-electron chi connectivity index (χ3n) is 0.492. The first-order valence-electron chi connectivity index (χ1n) is 2.02. The van der Waals surface area contributed by atoms with E-state index in [0.29, 0.717) is 6.21 Å². The molecular formula is C3H3N5O. The van der Waals surface area contributed by atoms with Gasteiger partial charge in [0.1, 0.15) is 0 Å². The second-order valence-corrected chi connectivity index (χ2v) is 1.10. The summed E-state index contributed by atoms with van der Waals surface area (Å²) in [5.41, 5.74) is 15.4. The van der Waals surface area contributed by atoms with Crippen LogP contribution in [0.4, 0.5) is 0 Å². The highest BCUT2D eigenvalue weighted by atomic mass is 16.1. The van der Waals surface area contributed by atoms with Crippen LogP contribution in [0.2, 0.25) is 0 Å². The van der Waals surface area contributed by atoms with Crippen LogP contribution in [0.5, 0.6) is 0 Å². The minimum Gasteiger partial charge on any atom is -0.361 e. The fourth-order valence-corrected chi connectivity index (χ4v) is 0.207. The molecule has 0 saturated heterocycles. The number of hydrogen-bond acceptors (Lipinski definition) is 2. The van der Waals surface area contributed by atoms with Crippen LogP contribution in [-0.2, 0) is 4.79 Å². The van der Waals surface area contributed by atoms with Gasteiger partial charge in [0.2, 0.25) is 5.78 Å². The number of carbonyl (C=O) groups is 1. The Bertz CT molecular complexity index is 196. The number of carbonyl (C=O) groups excluding carboxylic acids is 1. The minimum absolute atomic E-state index is 0.305. The van der Waals surface area contributed by atoms with Crippen molar-refractivity contribution in [3.8, 4) is 0 Å². The average Bonchev–Trinajstić information content (AvgIpc) is 1.85. The summed E-state index contributed by atoms with van der Waals surface area (Å²) in [5, 5.41) is 2.92. The van der Waals surface area contributed by atoms with E-state index in [9.17, 15) is 4.79 Å². The topological polar surface area (TPSA) is 102 Å². The Balaban J connectivity index is 3.77. The molecule has 0 atom stereocenters. The number of hydrogen-bond donors (Lipinski definition) is 0. The van der Waals surface area contributed by atoms with E-state index in [4.69, 9.17) is 11.1 Å². The number of azide groups is 1. The van der Waals surface area contributed by atoms with Gasteiger partial charge in [-0.15, -0.1) is 0 Å².